The minimum atomic E-state index is -1.69. The lowest BCUT2D eigenvalue weighted by atomic mass is 9.83. The average Bonchev–Trinajstić information content (AvgIpc) is 1.58. The van der Waals surface area contributed by atoms with E-state index in [1.807, 2.05) is 52.0 Å². The van der Waals surface area contributed by atoms with Gasteiger partial charge in [-0.15, -0.1) is 11.8 Å². The zero-order valence-corrected chi connectivity index (χ0v) is 77.3. The number of amides is 12. The first kappa shape index (κ1) is 104. The second-order valence-electron chi connectivity index (χ2n) is 34.9. The molecule has 2 aliphatic heterocycles. The molecule has 12 amide bonds. The molecule has 3 aromatic carbocycles. The topological polar surface area (TPSA) is 550 Å². The molecule has 0 bridgehead atoms. The summed E-state index contributed by atoms with van der Waals surface area (Å²) in [5.41, 5.74) is 14.7. The van der Waals surface area contributed by atoms with Gasteiger partial charge < -0.3 is 98.3 Å². The molecule has 38 heteroatoms. The number of carbonyl (C=O) groups excluding carboxylic acids is 16. The van der Waals surface area contributed by atoms with Crippen molar-refractivity contribution < 1.29 is 86.9 Å². The van der Waals surface area contributed by atoms with E-state index in [0.29, 0.717) is 76.3 Å². The summed E-state index contributed by atoms with van der Waals surface area (Å²) in [6, 6.07) is 10.3. The summed E-state index contributed by atoms with van der Waals surface area (Å²) >= 11 is 0.837. The molecule has 0 spiro atoms. The van der Waals surface area contributed by atoms with Gasteiger partial charge in [-0.05, 0) is 100.0 Å². The molecule has 6 aromatic rings. The molecule has 17 N–H and O–H groups in total. The highest BCUT2D eigenvalue weighted by Crippen LogP contribution is 2.31. The van der Waals surface area contributed by atoms with Crippen LogP contribution in [-0.2, 0) is 102 Å². The molecule has 712 valence electrons. The van der Waals surface area contributed by atoms with E-state index in [1.165, 1.54) is 69.3 Å². The predicted molar refractivity (Wildman–Crippen MR) is 492 cm³/mol. The summed E-state index contributed by atoms with van der Waals surface area (Å²) in [6.07, 6.45) is 4.61. The molecule has 0 radical (unpaired) electrons. The van der Waals surface area contributed by atoms with Crippen molar-refractivity contribution in [3.8, 4) is 0 Å². The van der Waals surface area contributed by atoms with Gasteiger partial charge in [-0.1, -0.05) is 120 Å². The molecule has 8 rings (SSSR count). The number of ketones is 4. The quantitative estimate of drug-likeness (QED) is 0.0222. The van der Waals surface area contributed by atoms with Crippen LogP contribution in [0.15, 0.2) is 104 Å². The second-order valence-corrected chi connectivity index (χ2v) is 35.9. The zero-order chi connectivity index (χ0) is 95.9. The molecular formula is C93H131N19O18S. The first-order valence-electron chi connectivity index (χ1n) is 45.0. The van der Waals surface area contributed by atoms with Crippen molar-refractivity contribution in [2.24, 2.45) is 41.1 Å². The Morgan fingerprint density at radius 3 is 1.76 bits per heavy atom. The average molecular weight is 1840 g/mol. The molecule has 0 saturated carbocycles. The van der Waals surface area contributed by atoms with Crippen molar-refractivity contribution in [3.05, 3.63) is 126 Å². The Balaban J connectivity index is 1.18. The summed E-state index contributed by atoms with van der Waals surface area (Å²) in [5.74, 6) is -18.6. The van der Waals surface area contributed by atoms with Gasteiger partial charge in [0.1, 0.15) is 42.0 Å². The van der Waals surface area contributed by atoms with E-state index in [0.717, 1.165) is 21.6 Å². The summed E-state index contributed by atoms with van der Waals surface area (Å²) in [7, 11) is 5.47. The number of hydrogen-bond acceptors (Lipinski definition) is 21. The monoisotopic (exact) mass is 1830 g/mol. The number of thioether (sulfide) groups is 1. The Morgan fingerprint density at radius 2 is 1.15 bits per heavy atom. The standard InChI is InChI=1S/C93H131N19O18S/c1-11-13-31-73-78(117)41-58(26-22-34-98-93(95)96)85(123)106-72(87(125)101-48-80(94)119)51-131-52-82(121)104-70(37-57-24-16-15-17-25-57)89(127)109(8)55(5)84(122)107-83(56(6)114)92(130)112-35-23-33-74(112)79(118)42-59(38-64-47-97-53-102-64)76(115)43-60(36-54(3)4)88(126)108(7)49-81(120)103-69(39-61-45-99-67-29-20-18-27-65(61)67)77(116)44-63(50-113)86(124)105-71(40-62-46-100-68-30-21-19-28-66(62)68)90(128)111(10)75(32-14-12-2)91(129)110(73)9/h15-21,24-25,27-30,45-47,53-56,58-60,63,69-75,83,99-100,113-114H,11-14,22-23,26,31-44,48-52H2,1-10H3,(H2,94,119)(H,97,102)(H,101,125)(H,103,120)(H,104,121)(H,105,124)(H,106,123)(H,107,122)(H4,95,96,98)/t55-,56+,58+,59+,60+,63-,69-,70-,71-,72-,73-,74-,75-,83-/m0/s1. The number of nitrogens with zero attached hydrogens (tertiary/aromatic N) is 6. The number of imidazole rings is 1. The largest absolute Gasteiger partial charge is 0.396 e. The molecular weight excluding hydrogens is 1700 g/mol. The van der Waals surface area contributed by atoms with Gasteiger partial charge in [-0.3, -0.25) is 82.1 Å². The Bertz CT molecular complexity index is 4960. The molecule has 37 nitrogen and oxygen atoms in total. The van der Waals surface area contributed by atoms with Crippen LogP contribution >= 0.6 is 11.8 Å². The maximum Gasteiger partial charge on any atom is 0.248 e. The Morgan fingerprint density at radius 1 is 0.580 bits per heavy atom. The fraction of sp³-hybridized carbons (Fsp3) is 0.548. The van der Waals surface area contributed by atoms with Gasteiger partial charge in [-0.2, -0.15) is 0 Å². The van der Waals surface area contributed by atoms with Crippen LogP contribution in [0.25, 0.3) is 21.8 Å². The summed E-state index contributed by atoms with van der Waals surface area (Å²) in [5, 5.41) is 50.5. The number of benzene rings is 3. The van der Waals surface area contributed by atoms with Crippen molar-refractivity contribution in [2.45, 2.75) is 224 Å². The van der Waals surface area contributed by atoms with Crippen molar-refractivity contribution in [2.75, 3.05) is 72.5 Å². The molecule has 2 fully saturated rings. The van der Waals surface area contributed by atoms with Gasteiger partial charge in [0.2, 0.25) is 70.9 Å². The Labute approximate surface area is 767 Å². The maximum absolute atomic E-state index is 15.7. The third-order valence-corrected chi connectivity index (χ3v) is 25.4. The summed E-state index contributed by atoms with van der Waals surface area (Å²) < 4.78 is 0. The van der Waals surface area contributed by atoms with E-state index in [2.05, 4.69) is 57.2 Å². The molecule has 2 saturated heterocycles. The zero-order valence-electron chi connectivity index (χ0n) is 76.5. The minimum absolute atomic E-state index is 0.00387. The molecule has 0 unspecified atom stereocenters. The Hall–Kier alpha value is -12.2. The van der Waals surface area contributed by atoms with Crippen LogP contribution < -0.4 is 48.7 Å². The number of H-pyrrole nitrogens is 3. The smallest absolute Gasteiger partial charge is 0.248 e. The number of aliphatic hydroxyl groups excluding tert-OH is 2. The summed E-state index contributed by atoms with van der Waals surface area (Å²) in [4.78, 5) is 256. The van der Waals surface area contributed by atoms with Crippen LogP contribution in [0.1, 0.15) is 160 Å². The number of aromatic amines is 3. The molecule has 5 heterocycles. The van der Waals surface area contributed by atoms with E-state index in [9.17, 15) is 53.4 Å². The first-order chi connectivity index (χ1) is 62.4. The molecule has 2 aliphatic rings. The van der Waals surface area contributed by atoms with Crippen molar-refractivity contribution in [3.63, 3.8) is 0 Å². The number of guanidine groups is 1. The number of nitrogens with one attached hydrogen (secondary N) is 11. The Kier molecular flexibility index (Phi) is 40.4. The van der Waals surface area contributed by atoms with Crippen LogP contribution in [-0.4, -0.2) is 288 Å². The van der Waals surface area contributed by atoms with Crippen LogP contribution in [0, 0.1) is 35.0 Å². The van der Waals surface area contributed by atoms with Gasteiger partial charge in [0.25, 0.3) is 0 Å². The number of likely N-dealkylation sites (N-methyl/N-ethyl adjacent to an activating group) is 4. The lowest BCUT2D eigenvalue weighted by molar-refractivity contribution is -0.149. The number of primary amides is 1. The third-order valence-electron chi connectivity index (χ3n) is 24.4. The number of para-hydroxylation sites is 2. The van der Waals surface area contributed by atoms with Crippen molar-refractivity contribution in [1.82, 2.24) is 81.7 Å². The number of Topliss-reactive ketones (excluding diaryl/α,β-unsaturated/α-hetero) is 4. The number of unbranched alkanes of at least 4 members (excludes halogenated alkanes) is 2. The third kappa shape index (κ3) is 30.2. The minimum Gasteiger partial charge on any atom is -0.396 e. The van der Waals surface area contributed by atoms with E-state index in [1.54, 1.807) is 67.0 Å². The van der Waals surface area contributed by atoms with Crippen LogP contribution in [0.5, 0.6) is 0 Å². The fourth-order valence-electron chi connectivity index (χ4n) is 16.9. The summed E-state index contributed by atoms with van der Waals surface area (Å²) in [6.45, 7) is 7.85. The second kappa shape index (κ2) is 50.8. The van der Waals surface area contributed by atoms with E-state index in [4.69, 9.17) is 16.9 Å². The highest BCUT2D eigenvalue weighted by molar-refractivity contribution is 8.00. The number of aromatic nitrogens is 4. The number of hydrogen-bond donors (Lipinski definition) is 15. The normalized spacial score (nSPS) is 24.1. The first-order valence-corrected chi connectivity index (χ1v) is 46.2. The van der Waals surface area contributed by atoms with Gasteiger partial charge in [0.05, 0.1) is 61.9 Å². The van der Waals surface area contributed by atoms with Gasteiger partial charge >= 0.3 is 0 Å². The van der Waals surface area contributed by atoms with E-state index >= 15 is 33.6 Å². The highest BCUT2D eigenvalue weighted by atomic mass is 32.2. The lowest BCUT2D eigenvalue weighted by Crippen LogP contribution is -2.60. The van der Waals surface area contributed by atoms with E-state index in [-0.39, 0.29) is 94.9 Å². The molecule has 0 aliphatic carbocycles. The SMILES string of the molecule is CCCC[C@H]1C(=O)N(C)[C@@H](CCCC)C(=O)C[C@@H](CCCNC(=N)N)C(=O)N[C@H](C(=O)NCC(N)=O)CSCC(=O)N[C@@H](Cc2ccccc2)C(=O)N(C)[C@@H](C)C(=O)N[C@@H]([C@@H](C)O)C(=O)N2CCC[C@H]2C(=O)C[C@@H](Cc2cnc[nH]2)C(=O)C[C@@H](CC(C)C)C(=O)N(C)CC(=O)N[C@@H](Cc2c[nH]c3ccccc23)C(=O)C[C@@H](CO)C(=O)N[C@@H](Cc2c[nH]c3ccccc23)C(=O)N1C. The van der Waals surface area contributed by atoms with Crippen LogP contribution in [0.2, 0.25) is 0 Å². The van der Waals surface area contributed by atoms with Crippen LogP contribution in [0.3, 0.4) is 0 Å². The molecule has 14 atom stereocenters. The van der Waals surface area contributed by atoms with Gasteiger partial charge in [0.15, 0.2) is 23.3 Å². The van der Waals surface area contributed by atoms with Gasteiger partial charge in [-0.25, -0.2) is 4.98 Å². The number of nitrogens with two attached hydrogens (primary N) is 2. The number of aliphatic hydroxyl groups is 2. The fourth-order valence-corrected chi connectivity index (χ4v) is 17.8. The van der Waals surface area contributed by atoms with Crippen molar-refractivity contribution in [1.29, 1.82) is 5.41 Å². The lowest BCUT2D eigenvalue weighted by Gasteiger charge is -2.36. The highest BCUT2D eigenvalue weighted by Gasteiger charge is 2.45. The van der Waals surface area contributed by atoms with Gasteiger partial charge in [0, 0.05) is 156 Å². The number of carbonyl (C=O) groups is 16. The van der Waals surface area contributed by atoms with E-state index < -0.39 is 229 Å². The number of rotatable bonds is 25. The molecule has 3 aromatic heterocycles. The van der Waals surface area contributed by atoms with Crippen LogP contribution in [0.4, 0.5) is 0 Å². The predicted octanol–water partition coefficient (Wildman–Crippen LogP) is 2.73. The maximum atomic E-state index is 15.7. The number of fused-ring (bicyclic) bond motifs is 3. The molecule has 131 heavy (non-hydrogen) atoms. The van der Waals surface area contributed by atoms with Crippen molar-refractivity contribution >= 4 is 134 Å².